The van der Waals surface area contributed by atoms with Crippen LogP contribution in [-0.4, -0.2) is 28.5 Å². The van der Waals surface area contributed by atoms with Gasteiger partial charge >= 0.3 is 0 Å². The Morgan fingerprint density at radius 3 is 2.78 bits per heavy atom. The van der Waals surface area contributed by atoms with Gasteiger partial charge in [0.25, 0.3) is 0 Å². The van der Waals surface area contributed by atoms with Crippen LogP contribution in [0, 0.1) is 5.92 Å². The lowest BCUT2D eigenvalue weighted by Crippen LogP contribution is -2.46. The van der Waals surface area contributed by atoms with E-state index in [0.717, 1.165) is 24.4 Å². The van der Waals surface area contributed by atoms with Gasteiger partial charge in [0, 0.05) is 19.1 Å². The zero-order valence-electron chi connectivity index (χ0n) is 10.5. The van der Waals surface area contributed by atoms with Crippen LogP contribution in [-0.2, 0) is 11.3 Å². The van der Waals surface area contributed by atoms with Crippen molar-refractivity contribution in [3.05, 3.63) is 18.1 Å². The van der Waals surface area contributed by atoms with E-state index in [0.29, 0.717) is 19.1 Å². The quantitative estimate of drug-likeness (QED) is 0.787. The molecule has 0 aliphatic carbocycles. The molecule has 6 heteroatoms. The monoisotopic (exact) mass is 249 g/mol. The minimum absolute atomic E-state index is 0.0998. The molecule has 2 unspecified atom stereocenters. The summed E-state index contributed by atoms with van der Waals surface area (Å²) in [5.74, 6) is 0.446. The van der Waals surface area contributed by atoms with Gasteiger partial charge in [-0.3, -0.25) is 9.78 Å². The first-order chi connectivity index (χ1) is 8.61. The molecule has 2 heterocycles. The first-order valence-corrected chi connectivity index (χ1v) is 6.18. The molecule has 2 rings (SSSR count). The number of carbonyl (C=O) groups excluding carboxylic acids is 1. The third-order valence-electron chi connectivity index (χ3n) is 3.48. The summed E-state index contributed by atoms with van der Waals surface area (Å²) in [6.45, 7) is 3.12. The number of piperidine rings is 1. The van der Waals surface area contributed by atoms with Crippen LogP contribution in [0.5, 0.6) is 0 Å². The van der Waals surface area contributed by atoms with Gasteiger partial charge < -0.3 is 16.4 Å². The Kier molecular flexibility index (Phi) is 3.76. The third-order valence-corrected chi connectivity index (χ3v) is 3.48. The highest BCUT2D eigenvalue weighted by Crippen LogP contribution is 2.25. The zero-order chi connectivity index (χ0) is 13.1. The summed E-state index contributed by atoms with van der Waals surface area (Å²) in [5, 5.41) is 0. The molecule has 18 heavy (non-hydrogen) atoms. The zero-order valence-corrected chi connectivity index (χ0v) is 10.5. The first-order valence-electron chi connectivity index (χ1n) is 6.18. The van der Waals surface area contributed by atoms with Crippen LogP contribution in [0.15, 0.2) is 12.4 Å². The summed E-state index contributed by atoms with van der Waals surface area (Å²) >= 11 is 0. The number of nitrogens with zero attached hydrogens (tertiary/aromatic N) is 3. The fourth-order valence-electron chi connectivity index (χ4n) is 2.26. The normalized spacial score (nSPS) is 24.0. The molecule has 0 bridgehead atoms. The molecular weight excluding hydrogens is 230 g/mol. The highest BCUT2D eigenvalue weighted by atomic mass is 16.1. The van der Waals surface area contributed by atoms with E-state index in [1.807, 2.05) is 0 Å². The van der Waals surface area contributed by atoms with E-state index < -0.39 is 0 Å². The summed E-state index contributed by atoms with van der Waals surface area (Å²) < 4.78 is 0. The molecule has 1 amide bonds. The second-order valence-electron chi connectivity index (χ2n) is 4.75. The Morgan fingerprint density at radius 2 is 2.22 bits per heavy atom. The Bertz CT molecular complexity index is 419. The van der Waals surface area contributed by atoms with Crippen molar-refractivity contribution in [3.8, 4) is 0 Å². The lowest BCUT2D eigenvalue weighted by Gasteiger charge is -2.37. The van der Waals surface area contributed by atoms with Crippen molar-refractivity contribution in [2.75, 3.05) is 11.4 Å². The fraction of sp³-hybridized carbons (Fsp3) is 0.583. The molecule has 2 atom stereocenters. The molecule has 1 aromatic heterocycles. The molecule has 1 saturated heterocycles. The molecule has 0 aromatic carbocycles. The second kappa shape index (κ2) is 5.30. The Hall–Kier alpha value is -1.69. The van der Waals surface area contributed by atoms with Crippen LogP contribution < -0.4 is 16.4 Å². The van der Waals surface area contributed by atoms with Gasteiger partial charge in [0.15, 0.2) is 0 Å². The van der Waals surface area contributed by atoms with E-state index in [2.05, 4.69) is 21.8 Å². The van der Waals surface area contributed by atoms with Gasteiger partial charge in [-0.2, -0.15) is 0 Å². The number of hydrogen-bond donors (Lipinski definition) is 2. The molecule has 0 radical (unpaired) electrons. The van der Waals surface area contributed by atoms with Crippen LogP contribution in [0.25, 0.3) is 0 Å². The topological polar surface area (TPSA) is 98.1 Å². The fourth-order valence-corrected chi connectivity index (χ4v) is 2.26. The second-order valence-corrected chi connectivity index (χ2v) is 4.75. The van der Waals surface area contributed by atoms with Gasteiger partial charge in [-0.1, -0.05) is 0 Å². The van der Waals surface area contributed by atoms with Gasteiger partial charge in [-0.05, 0) is 19.8 Å². The molecule has 1 aliphatic rings. The lowest BCUT2D eigenvalue weighted by molar-refractivity contribution is -0.122. The van der Waals surface area contributed by atoms with Gasteiger partial charge in [0.1, 0.15) is 5.82 Å². The molecule has 6 nitrogen and oxygen atoms in total. The number of amides is 1. The number of nitrogens with two attached hydrogens (primary N) is 2. The number of rotatable bonds is 3. The summed E-state index contributed by atoms with van der Waals surface area (Å²) in [4.78, 5) is 22.0. The standard InChI is InChI=1S/C12H19N5O/c1-8-2-3-9(12(14)18)7-17(8)11-6-15-10(4-13)5-16-11/h5-6,8-9H,2-4,7,13H2,1H3,(H2,14,18). The average Bonchev–Trinajstić information content (AvgIpc) is 2.39. The lowest BCUT2D eigenvalue weighted by atomic mass is 9.93. The molecule has 0 spiro atoms. The molecule has 0 saturated carbocycles. The minimum Gasteiger partial charge on any atom is -0.369 e. The van der Waals surface area contributed by atoms with E-state index in [1.165, 1.54) is 0 Å². The van der Waals surface area contributed by atoms with E-state index in [4.69, 9.17) is 11.5 Å². The Morgan fingerprint density at radius 1 is 1.44 bits per heavy atom. The van der Waals surface area contributed by atoms with Gasteiger partial charge in [0.05, 0.1) is 24.0 Å². The van der Waals surface area contributed by atoms with E-state index in [9.17, 15) is 4.79 Å². The van der Waals surface area contributed by atoms with Gasteiger partial charge in [0.2, 0.25) is 5.91 Å². The maximum Gasteiger partial charge on any atom is 0.222 e. The minimum atomic E-state index is -0.238. The van der Waals surface area contributed by atoms with Crippen molar-refractivity contribution in [2.45, 2.75) is 32.4 Å². The smallest absolute Gasteiger partial charge is 0.222 e. The maximum atomic E-state index is 11.3. The summed E-state index contributed by atoms with van der Waals surface area (Å²) in [7, 11) is 0. The van der Waals surface area contributed by atoms with Crippen LogP contribution >= 0.6 is 0 Å². The Balaban J connectivity index is 2.15. The summed E-state index contributed by atoms with van der Waals surface area (Å²) in [5.41, 5.74) is 11.6. The van der Waals surface area contributed by atoms with Crippen molar-refractivity contribution < 1.29 is 4.79 Å². The Labute approximate surface area is 106 Å². The molecule has 1 aliphatic heterocycles. The van der Waals surface area contributed by atoms with Crippen molar-refractivity contribution in [3.63, 3.8) is 0 Å². The molecular formula is C12H19N5O. The van der Waals surface area contributed by atoms with E-state index in [-0.39, 0.29) is 11.8 Å². The molecule has 4 N–H and O–H groups in total. The number of primary amides is 1. The van der Waals surface area contributed by atoms with E-state index in [1.54, 1.807) is 12.4 Å². The number of aromatic nitrogens is 2. The van der Waals surface area contributed by atoms with Crippen molar-refractivity contribution in [1.82, 2.24) is 9.97 Å². The van der Waals surface area contributed by atoms with Crippen LogP contribution in [0.2, 0.25) is 0 Å². The molecule has 98 valence electrons. The predicted molar refractivity (Wildman–Crippen MR) is 68.6 cm³/mol. The van der Waals surface area contributed by atoms with Crippen molar-refractivity contribution in [1.29, 1.82) is 0 Å². The van der Waals surface area contributed by atoms with Gasteiger partial charge in [-0.15, -0.1) is 0 Å². The SMILES string of the molecule is CC1CCC(C(N)=O)CN1c1cnc(CN)cn1. The van der Waals surface area contributed by atoms with E-state index >= 15 is 0 Å². The molecule has 1 aromatic rings. The van der Waals surface area contributed by atoms with Crippen molar-refractivity contribution in [2.24, 2.45) is 17.4 Å². The third kappa shape index (κ3) is 2.59. The predicted octanol–water partition coefficient (Wildman–Crippen LogP) is 0.0255. The highest BCUT2D eigenvalue weighted by Gasteiger charge is 2.29. The van der Waals surface area contributed by atoms with Crippen LogP contribution in [0.1, 0.15) is 25.5 Å². The average molecular weight is 249 g/mol. The van der Waals surface area contributed by atoms with Crippen LogP contribution in [0.4, 0.5) is 5.82 Å². The number of carbonyl (C=O) groups is 1. The van der Waals surface area contributed by atoms with Crippen LogP contribution in [0.3, 0.4) is 0 Å². The van der Waals surface area contributed by atoms with Crippen molar-refractivity contribution >= 4 is 11.7 Å². The largest absolute Gasteiger partial charge is 0.369 e. The first kappa shape index (κ1) is 12.8. The number of hydrogen-bond acceptors (Lipinski definition) is 5. The maximum absolute atomic E-state index is 11.3. The highest BCUT2D eigenvalue weighted by molar-refractivity contribution is 5.77. The number of anilines is 1. The summed E-state index contributed by atoms with van der Waals surface area (Å²) in [6, 6.07) is 0.346. The molecule has 1 fully saturated rings. The van der Waals surface area contributed by atoms with Gasteiger partial charge in [-0.25, -0.2) is 4.98 Å². The summed E-state index contributed by atoms with van der Waals surface area (Å²) in [6.07, 6.45) is 5.17.